The number of nitrogens with one attached hydrogen (secondary N) is 2. The van der Waals surface area contributed by atoms with Gasteiger partial charge in [0.2, 0.25) is 0 Å². The molecule has 0 aliphatic carbocycles. The van der Waals surface area contributed by atoms with E-state index < -0.39 is 0 Å². The highest BCUT2D eigenvalue weighted by molar-refractivity contribution is 5.74. The smallest absolute Gasteiger partial charge is 0.315 e. The number of hydrogen-bond donors (Lipinski definition) is 2. The standard InChI is InChI=1S/C17H29N3O2/c1-14(2)12-15(13-20(3)4)19-17(21)18-10-11-22-16-8-6-5-7-9-16/h5-9,14-15H,10-13H2,1-4H3,(H2,18,19,21). The number of hydrogen-bond acceptors (Lipinski definition) is 3. The minimum Gasteiger partial charge on any atom is -0.492 e. The third kappa shape index (κ3) is 8.52. The van der Waals surface area contributed by atoms with Gasteiger partial charge in [0.1, 0.15) is 12.4 Å². The molecule has 2 amide bonds. The lowest BCUT2D eigenvalue weighted by Crippen LogP contribution is -2.47. The predicted octanol–water partition coefficient (Wildman–Crippen LogP) is 2.34. The Balaban J connectivity index is 2.25. The molecule has 0 spiro atoms. The summed E-state index contributed by atoms with van der Waals surface area (Å²) >= 11 is 0. The first-order valence-electron chi connectivity index (χ1n) is 7.84. The highest BCUT2D eigenvalue weighted by atomic mass is 16.5. The lowest BCUT2D eigenvalue weighted by Gasteiger charge is -2.24. The number of benzene rings is 1. The second kappa shape index (κ2) is 10.1. The van der Waals surface area contributed by atoms with Crippen molar-refractivity contribution in [1.29, 1.82) is 0 Å². The molecule has 0 heterocycles. The van der Waals surface area contributed by atoms with Crippen molar-refractivity contribution < 1.29 is 9.53 Å². The summed E-state index contributed by atoms with van der Waals surface area (Å²) in [4.78, 5) is 14.0. The van der Waals surface area contributed by atoms with Gasteiger partial charge in [-0.15, -0.1) is 0 Å². The van der Waals surface area contributed by atoms with Crippen molar-refractivity contribution in [2.24, 2.45) is 5.92 Å². The van der Waals surface area contributed by atoms with Crippen LogP contribution in [-0.4, -0.2) is 50.8 Å². The zero-order valence-electron chi connectivity index (χ0n) is 14.1. The third-order valence-corrected chi connectivity index (χ3v) is 3.08. The lowest BCUT2D eigenvalue weighted by atomic mass is 10.0. The molecule has 0 radical (unpaired) electrons. The SMILES string of the molecule is CC(C)CC(CN(C)C)NC(=O)NCCOc1ccccc1. The summed E-state index contributed by atoms with van der Waals surface area (Å²) in [6.45, 7) is 6.11. The van der Waals surface area contributed by atoms with Crippen molar-refractivity contribution in [2.75, 3.05) is 33.8 Å². The molecule has 0 saturated carbocycles. The molecule has 5 nitrogen and oxygen atoms in total. The molecule has 1 aromatic carbocycles. The molecular formula is C17H29N3O2. The average Bonchev–Trinajstić information content (AvgIpc) is 2.43. The van der Waals surface area contributed by atoms with E-state index in [1.165, 1.54) is 0 Å². The van der Waals surface area contributed by atoms with Gasteiger partial charge < -0.3 is 20.3 Å². The molecule has 124 valence electrons. The van der Waals surface area contributed by atoms with Crippen LogP contribution in [0.25, 0.3) is 0 Å². The van der Waals surface area contributed by atoms with Crippen molar-refractivity contribution >= 4 is 6.03 Å². The van der Waals surface area contributed by atoms with E-state index in [1.54, 1.807) is 0 Å². The Labute approximate surface area is 134 Å². The van der Waals surface area contributed by atoms with Crippen molar-refractivity contribution in [3.05, 3.63) is 30.3 Å². The number of carbonyl (C=O) groups is 1. The Kier molecular flexibility index (Phi) is 8.36. The highest BCUT2D eigenvalue weighted by Gasteiger charge is 2.14. The van der Waals surface area contributed by atoms with Crippen LogP contribution >= 0.6 is 0 Å². The van der Waals surface area contributed by atoms with Crippen LogP contribution in [0.15, 0.2) is 30.3 Å². The molecule has 1 unspecified atom stereocenters. The first kappa shape index (κ1) is 18.3. The van der Waals surface area contributed by atoms with Crippen molar-refractivity contribution in [3.63, 3.8) is 0 Å². The van der Waals surface area contributed by atoms with Crippen LogP contribution in [-0.2, 0) is 0 Å². The minimum absolute atomic E-state index is 0.135. The van der Waals surface area contributed by atoms with Gasteiger partial charge >= 0.3 is 6.03 Å². The summed E-state index contributed by atoms with van der Waals surface area (Å²) < 4.78 is 5.54. The van der Waals surface area contributed by atoms with E-state index in [9.17, 15) is 4.79 Å². The molecule has 1 aromatic rings. The molecule has 22 heavy (non-hydrogen) atoms. The van der Waals surface area contributed by atoms with Crippen LogP contribution in [0.4, 0.5) is 4.79 Å². The molecular weight excluding hydrogens is 278 g/mol. The second-order valence-electron chi connectivity index (χ2n) is 6.15. The zero-order chi connectivity index (χ0) is 16.4. The van der Waals surface area contributed by atoms with Crippen LogP contribution in [0.2, 0.25) is 0 Å². The fourth-order valence-electron chi connectivity index (χ4n) is 2.28. The Bertz CT molecular complexity index is 411. The summed E-state index contributed by atoms with van der Waals surface area (Å²) in [7, 11) is 4.03. The number of amides is 2. The van der Waals surface area contributed by atoms with Crippen molar-refractivity contribution in [3.8, 4) is 5.75 Å². The molecule has 0 bridgehead atoms. The zero-order valence-corrected chi connectivity index (χ0v) is 14.1. The average molecular weight is 307 g/mol. The van der Waals surface area contributed by atoms with Gasteiger partial charge in [-0.05, 0) is 38.6 Å². The maximum atomic E-state index is 11.9. The number of urea groups is 1. The van der Waals surface area contributed by atoms with E-state index in [-0.39, 0.29) is 12.1 Å². The number of para-hydroxylation sites is 1. The molecule has 1 rings (SSSR count). The number of nitrogens with zero attached hydrogens (tertiary/aromatic N) is 1. The molecule has 0 aliphatic rings. The number of ether oxygens (including phenoxy) is 1. The molecule has 0 fully saturated rings. The van der Waals surface area contributed by atoms with Gasteiger partial charge in [-0.3, -0.25) is 0 Å². The monoisotopic (exact) mass is 307 g/mol. The third-order valence-electron chi connectivity index (χ3n) is 3.08. The maximum absolute atomic E-state index is 11.9. The van der Waals surface area contributed by atoms with Crippen molar-refractivity contribution in [2.45, 2.75) is 26.3 Å². The summed E-state index contributed by atoms with van der Waals surface area (Å²) in [5.74, 6) is 1.36. The maximum Gasteiger partial charge on any atom is 0.315 e. The quantitative estimate of drug-likeness (QED) is 0.689. The molecule has 2 N–H and O–H groups in total. The van der Waals surface area contributed by atoms with E-state index in [1.807, 2.05) is 44.4 Å². The van der Waals surface area contributed by atoms with Gasteiger partial charge in [0.15, 0.2) is 0 Å². The molecule has 0 saturated heterocycles. The van der Waals surface area contributed by atoms with Gasteiger partial charge in [0, 0.05) is 12.6 Å². The van der Waals surface area contributed by atoms with E-state index >= 15 is 0 Å². The first-order chi connectivity index (χ1) is 10.5. The van der Waals surface area contributed by atoms with Crippen LogP contribution in [0.1, 0.15) is 20.3 Å². The van der Waals surface area contributed by atoms with Gasteiger partial charge in [-0.2, -0.15) is 0 Å². The van der Waals surface area contributed by atoms with E-state index in [2.05, 4.69) is 29.4 Å². The Morgan fingerprint density at radius 1 is 1.23 bits per heavy atom. The van der Waals surface area contributed by atoms with Crippen LogP contribution < -0.4 is 15.4 Å². The van der Waals surface area contributed by atoms with E-state index in [4.69, 9.17) is 4.74 Å². The van der Waals surface area contributed by atoms with Gasteiger partial charge in [-0.25, -0.2) is 4.79 Å². The summed E-state index contributed by atoms with van der Waals surface area (Å²) in [6, 6.07) is 9.61. The summed E-state index contributed by atoms with van der Waals surface area (Å²) in [5.41, 5.74) is 0. The summed E-state index contributed by atoms with van der Waals surface area (Å²) in [5, 5.41) is 5.87. The van der Waals surface area contributed by atoms with Crippen molar-refractivity contribution in [1.82, 2.24) is 15.5 Å². The number of rotatable bonds is 9. The van der Waals surface area contributed by atoms with Crippen LogP contribution in [0.3, 0.4) is 0 Å². The highest BCUT2D eigenvalue weighted by Crippen LogP contribution is 2.07. The molecule has 1 atom stereocenters. The van der Waals surface area contributed by atoms with Crippen LogP contribution in [0.5, 0.6) is 5.75 Å². The Hall–Kier alpha value is -1.75. The fourth-order valence-corrected chi connectivity index (χ4v) is 2.28. The molecule has 5 heteroatoms. The number of likely N-dealkylation sites (N-methyl/N-ethyl adjacent to an activating group) is 1. The lowest BCUT2D eigenvalue weighted by molar-refractivity contribution is 0.225. The topological polar surface area (TPSA) is 53.6 Å². The largest absolute Gasteiger partial charge is 0.492 e. The van der Waals surface area contributed by atoms with E-state index in [0.29, 0.717) is 19.1 Å². The second-order valence-corrected chi connectivity index (χ2v) is 6.15. The normalized spacial score (nSPS) is 12.3. The van der Waals surface area contributed by atoms with Gasteiger partial charge in [0.05, 0.1) is 6.54 Å². The Morgan fingerprint density at radius 2 is 1.91 bits per heavy atom. The first-order valence-corrected chi connectivity index (χ1v) is 7.84. The molecule has 0 aliphatic heterocycles. The van der Waals surface area contributed by atoms with Gasteiger partial charge in [-0.1, -0.05) is 32.0 Å². The minimum atomic E-state index is -0.135. The Morgan fingerprint density at radius 3 is 2.50 bits per heavy atom. The number of carbonyl (C=O) groups excluding carboxylic acids is 1. The van der Waals surface area contributed by atoms with E-state index in [0.717, 1.165) is 18.7 Å². The molecule has 0 aromatic heterocycles. The predicted molar refractivity (Wildman–Crippen MR) is 90.3 cm³/mol. The van der Waals surface area contributed by atoms with Crippen LogP contribution in [0, 0.1) is 5.92 Å². The van der Waals surface area contributed by atoms with Gasteiger partial charge in [0.25, 0.3) is 0 Å². The summed E-state index contributed by atoms with van der Waals surface area (Å²) in [6.07, 6.45) is 0.964. The fraction of sp³-hybridized carbons (Fsp3) is 0.588.